The molecule has 0 aromatic heterocycles. The predicted octanol–water partition coefficient (Wildman–Crippen LogP) is 3.85. The van der Waals surface area contributed by atoms with Gasteiger partial charge in [-0.25, -0.2) is 4.39 Å². The first kappa shape index (κ1) is 13.4. The molecule has 0 radical (unpaired) electrons. The van der Waals surface area contributed by atoms with E-state index in [9.17, 15) is 4.39 Å². The second-order valence-electron chi connectivity index (χ2n) is 4.94. The first-order chi connectivity index (χ1) is 9.66. The lowest BCUT2D eigenvalue weighted by Gasteiger charge is -2.23. The average molecular weight is 292 g/mol. The van der Waals surface area contributed by atoms with Gasteiger partial charge in [-0.05, 0) is 36.1 Å². The van der Waals surface area contributed by atoms with Crippen LogP contribution in [0.2, 0.25) is 5.02 Å². The third-order valence-electron chi connectivity index (χ3n) is 3.60. The fourth-order valence-electron chi connectivity index (χ4n) is 2.54. The molecule has 1 atom stereocenters. The molecule has 20 heavy (non-hydrogen) atoms. The summed E-state index contributed by atoms with van der Waals surface area (Å²) in [7, 11) is 0. The second-order valence-corrected chi connectivity index (χ2v) is 5.35. The third kappa shape index (κ3) is 2.39. The van der Waals surface area contributed by atoms with Crippen molar-refractivity contribution in [1.29, 1.82) is 0 Å². The van der Waals surface area contributed by atoms with Gasteiger partial charge in [-0.3, -0.25) is 0 Å². The van der Waals surface area contributed by atoms with Crippen LogP contribution in [0, 0.1) is 5.82 Å². The second kappa shape index (κ2) is 5.43. The summed E-state index contributed by atoms with van der Waals surface area (Å²) in [6.07, 6.45) is 2.02. The van der Waals surface area contributed by atoms with Crippen LogP contribution in [0.1, 0.15) is 29.2 Å². The fourth-order valence-corrected chi connectivity index (χ4v) is 2.73. The van der Waals surface area contributed by atoms with E-state index < -0.39 is 5.82 Å². The van der Waals surface area contributed by atoms with E-state index in [1.807, 2.05) is 12.1 Å². The molecule has 0 amide bonds. The first-order valence-corrected chi connectivity index (χ1v) is 7.00. The van der Waals surface area contributed by atoms with Gasteiger partial charge in [-0.2, -0.15) is 0 Å². The van der Waals surface area contributed by atoms with Gasteiger partial charge in [-0.15, -0.1) is 0 Å². The third-order valence-corrected chi connectivity index (χ3v) is 3.89. The monoisotopic (exact) mass is 291 g/mol. The Kier molecular flexibility index (Phi) is 3.64. The van der Waals surface area contributed by atoms with Crippen molar-refractivity contribution < 1.29 is 9.13 Å². The van der Waals surface area contributed by atoms with Crippen molar-refractivity contribution in [2.75, 3.05) is 6.61 Å². The number of fused-ring (bicyclic) bond motifs is 1. The number of para-hydroxylation sites is 1. The Balaban J connectivity index is 2.02. The van der Waals surface area contributed by atoms with Crippen LogP contribution in [0.4, 0.5) is 4.39 Å². The average Bonchev–Trinajstić information content (AvgIpc) is 2.49. The number of nitrogens with two attached hydrogens (primary N) is 1. The molecule has 4 heteroatoms. The van der Waals surface area contributed by atoms with Gasteiger partial charge in [0.25, 0.3) is 0 Å². The summed E-state index contributed by atoms with van der Waals surface area (Å²) in [5.74, 6) is 0.431. The van der Waals surface area contributed by atoms with Crippen molar-refractivity contribution in [2.24, 2.45) is 5.73 Å². The van der Waals surface area contributed by atoms with Gasteiger partial charge in [0.2, 0.25) is 0 Å². The first-order valence-electron chi connectivity index (χ1n) is 6.62. The Morgan fingerprint density at radius 1 is 1.25 bits per heavy atom. The molecule has 0 spiro atoms. The van der Waals surface area contributed by atoms with Gasteiger partial charge in [-0.1, -0.05) is 35.9 Å². The topological polar surface area (TPSA) is 35.2 Å². The molecule has 2 nitrogen and oxygen atoms in total. The van der Waals surface area contributed by atoms with Crippen molar-refractivity contribution in [3.63, 3.8) is 0 Å². The number of hydrogen-bond acceptors (Lipinski definition) is 2. The highest BCUT2D eigenvalue weighted by atomic mass is 35.5. The maximum atomic E-state index is 13.2. The highest BCUT2D eigenvalue weighted by Crippen LogP contribution is 2.35. The zero-order chi connectivity index (χ0) is 14.1. The summed E-state index contributed by atoms with van der Waals surface area (Å²) in [4.78, 5) is 0. The largest absolute Gasteiger partial charge is 0.493 e. The van der Waals surface area contributed by atoms with Crippen LogP contribution in [-0.2, 0) is 6.42 Å². The van der Waals surface area contributed by atoms with Crippen molar-refractivity contribution in [1.82, 2.24) is 0 Å². The highest BCUT2D eigenvalue weighted by Gasteiger charge is 2.20. The number of hydrogen-bond donors (Lipinski definition) is 1. The van der Waals surface area contributed by atoms with Gasteiger partial charge in [0.15, 0.2) is 0 Å². The number of ether oxygens (including phenoxy) is 1. The molecule has 2 N–H and O–H groups in total. The van der Waals surface area contributed by atoms with Crippen LogP contribution >= 0.6 is 11.6 Å². The van der Waals surface area contributed by atoms with E-state index in [4.69, 9.17) is 22.1 Å². The molecular formula is C16H15ClFNO. The van der Waals surface area contributed by atoms with Gasteiger partial charge >= 0.3 is 0 Å². The standard InChI is InChI=1S/C16H15ClFNO/c17-13-9-11(6-7-14(13)18)15(19)12-5-1-3-10-4-2-8-20-16(10)12/h1,3,5-7,9,15H,2,4,8,19H2. The molecule has 0 fully saturated rings. The van der Waals surface area contributed by atoms with Crippen LogP contribution in [-0.4, -0.2) is 6.61 Å². The molecule has 0 aliphatic carbocycles. The van der Waals surface area contributed by atoms with E-state index in [-0.39, 0.29) is 11.1 Å². The molecule has 0 saturated carbocycles. The zero-order valence-electron chi connectivity index (χ0n) is 10.9. The van der Waals surface area contributed by atoms with Gasteiger partial charge in [0.1, 0.15) is 11.6 Å². The predicted molar refractivity (Wildman–Crippen MR) is 77.7 cm³/mol. The van der Waals surface area contributed by atoms with Crippen molar-refractivity contribution >= 4 is 11.6 Å². The molecule has 104 valence electrons. The molecular weight excluding hydrogens is 277 g/mol. The Hall–Kier alpha value is -1.58. The number of aryl methyl sites for hydroxylation is 1. The molecule has 1 aliphatic heterocycles. The summed E-state index contributed by atoms with van der Waals surface area (Å²) < 4.78 is 19.0. The molecule has 2 aromatic rings. The quantitative estimate of drug-likeness (QED) is 0.912. The molecule has 1 heterocycles. The fraction of sp³-hybridized carbons (Fsp3) is 0.250. The smallest absolute Gasteiger partial charge is 0.141 e. The SMILES string of the molecule is NC(c1ccc(F)c(Cl)c1)c1cccc2c1OCCC2. The van der Waals surface area contributed by atoms with Crippen LogP contribution in [0.5, 0.6) is 5.75 Å². The van der Waals surface area contributed by atoms with E-state index in [0.717, 1.165) is 29.7 Å². The van der Waals surface area contributed by atoms with E-state index in [2.05, 4.69) is 6.07 Å². The Bertz CT molecular complexity index is 644. The summed E-state index contributed by atoms with van der Waals surface area (Å²) in [5.41, 5.74) is 9.17. The molecule has 0 saturated heterocycles. The molecule has 0 bridgehead atoms. The van der Waals surface area contributed by atoms with Crippen LogP contribution < -0.4 is 10.5 Å². The lowest BCUT2D eigenvalue weighted by Crippen LogP contribution is -2.17. The minimum absolute atomic E-state index is 0.0867. The van der Waals surface area contributed by atoms with Crippen molar-refractivity contribution in [3.8, 4) is 5.75 Å². The van der Waals surface area contributed by atoms with Crippen LogP contribution in [0.15, 0.2) is 36.4 Å². The number of halogens is 2. The van der Waals surface area contributed by atoms with Crippen LogP contribution in [0.3, 0.4) is 0 Å². The Labute approximate surface area is 122 Å². The lowest BCUT2D eigenvalue weighted by atomic mass is 9.94. The maximum Gasteiger partial charge on any atom is 0.141 e. The maximum absolute atomic E-state index is 13.2. The van der Waals surface area contributed by atoms with Gasteiger partial charge in [0, 0.05) is 5.56 Å². The summed E-state index contributed by atoms with van der Waals surface area (Å²) in [6, 6.07) is 10.2. The summed E-state index contributed by atoms with van der Waals surface area (Å²) in [5, 5.41) is 0.0867. The number of benzene rings is 2. The van der Waals surface area contributed by atoms with Gasteiger partial charge < -0.3 is 10.5 Å². The van der Waals surface area contributed by atoms with E-state index in [1.165, 1.54) is 11.6 Å². The molecule has 3 rings (SSSR count). The van der Waals surface area contributed by atoms with Gasteiger partial charge in [0.05, 0.1) is 17.7 Å². The zero-order valence-corrected chi connectivity index (χ0v) is 11.7. The molecule has 1 aliphatic rings. The minimum Gasteiger partial charge on any atom is -0.493 e. The van der Waals surface area contributed by atoms with Crippen molar-refractivity contribution in [2.45, 2.75) is 18.9 Å². The summed E-state index contributed by atoms with van der Waals surface area (Å²) >= 11 is 5.83. The number of rotatable bonds is 2. The lowest BCUT2D eigenvalue weighted by molar-refractivity contribution is 0.284. The van der Waals surface area contributed by atoms with E-state index in [0.29, 0.717) is 6.61 Å². The molecule has 1 unspecified atom stereocenters. The normalized spacial score (nSPS) is 15.3. The van der Waals surface area contributed by atoms with Crippen LogP contribution in [0.25, 0.3) is 0 Å². The highest BCUT2D eigenvalue weighted by molar-refractivity contribution is 6.30. The Morgan fingerprint density at radius 3 is 2.90 bits per heavy atom. The Morgan fingerprint density at radius 2 is 2.10 bits per heavy atom. The van der Waals surface area contributed by atoms with Crippen molar-refractivity contribution in [3.05, 3.63) is 63.9 Å². The summed E-state index contributed by atoms with van der Waals surface area (Å²) in [6.45, 7) is 0.709. The van der Waals surface area contributed by atoms with E-state index in [1.54, 1.807) is 12.1 Å². The minimum atomic E-state index is -0.436. The molecule has 2 aromatic carbocycles. The van der Waals surface area contributed by atoms with E-state index >= 15 is 0 Å².